The summed E-state index contributed by atoms with van der Waals surface area (Å²) in [7, 11) is -0.571. The van der Waals surface area contributed by atoms with E-state index in [-0.39, 0.29) is 0 Å². The van der Waals surface area contributed by atoms with Crippen LogP contribution < -0.4 is 0 Å². The van der Waals surface area contributed by atoms with Crippen LogP contribution in [0.2, 0.25) is 11.6 Å². The molecule has 1 nitrogen and oxygen atoms in total. The van der Waals surface area contributed by atoms with Crippen LogP contribution in [0.5, 0.6) is 0 Å². The van der Waals surface area contributed by atoms with Gasteiger partial charge in [-0.2, -0.15) is 0 Å². The highest BCUT2D eigenvalue weighted by atomic mass is 28.3. The van der Waals surface area contributed by atoms with Gasteiger partial charge in [-0.15, -0.1) is 0 Å². The first-order chi connectivity index (χ1) is 6.24. The summed E-state index contributed by atoms with van der Waals surface area (Å²) in [6, 6.07) is 1.23. The predicted octanol–water partition coefficient (Wildman–Crippen LogP) is 3.53. The van der Waals surface area contributed by atoms with Gasteiger partial charge in [0.05, 0.1) is 0 Å². The topological polar surface area (TPSA) is 9.23 Å². The van der Waals surface area contributed by atoms with Gasteiger partial charge in [-0.05, 0) is 44.7 Å². The Labute approximate surface area is 83.9 Å². The minimum atomic E-state index is -0.571. The average molecular weight is 197 g/mol. The zero-order valence-electron chi connectivity index (χ0n) is 9.05. The summed E-state index contributed by atoms with van der Waals surface area (Å²) in [5.41, 5.74) is 0.770. The molecule has 0 saturated carbocycles. The molecule has 1 aliphatic rings. The molecule has 75 valence electrons. The summed E-state index contributed by atoms with van der Waals surface area (Å²) in [6.07, 6.45) is 9.12. The van der Waals surface area contributed by atoms with Crippen LogP contribution in [0, 0.1) is 0 Å². The molecule has 0 fully saturated rings. The second-order valence-corrected chi connectivity index (χ2v) is 6.57. The van der Waals surface area contributed by atoms with Crippen molar-refractivity contribution in [3.8, 4) is 0 Å². The first-order valence-electron chi connectivity index (χ1n) is 5.43. The molecule has 0 spiro atoms. The number of rotatable bonds is 4. The molecule has 13 heavy (non-hydrogen) atoms. The fraction of sp³-hybridized carbons (Fsp3) is 0.818. The van der Waals surface area contributed by atoms with Gasteiger partial charge in [-0.25, -0.2) is 0 Å². The molecule has 1 radical (unpaired) electrons. The highest BCUT2D eigenvalue weighted by Gasteiger charge is 2.23. The maximum atomic E-state index is 5.99. The third kappa shape index (κ3) is 3.65. The first kappa shape index (κ1) is 11.0. The smallest absolute Gasteiger partial charge is 0.218 e. The molecule has 0 aliphatic heterocycles. The van der Waals surface area contributed by atoms with Crippen molar-refractivity contribution in [1.82, 2.24) is 0 Å². The van der Waals surface area contributed by atoms with Crippen LogP contribution >= 0.6 is 0 Å². The van der Waals surface area contributed by atoms with Crippen molar-refractivity contribution in [1.29, 1.82) is 0 Å². The van der Waals surface area contributed by atoms with Crippen LogP contribution in [-0.4, -0.2) is 15.1 Å². The SMILES string of the molecule is CC[Si](OC(C)C)C1C=CCCC1. The summed E-state index contributed by atoms with van der Waals surface area (Å²) >= 11 is 0. The predicted molar refractivity (Wildman–Crippen MR) is 59.2 cm³/mol. The van der Waals surface area contributed by atoms with E-state index in [0.717, 1.165) is 5.54 Å². The largest absolute Gasteiger partial charge is 0.414 e. The van der Waals surface area contributed by atoms with Gasteiger partial charge in [0.15, 0.2) is 0 Å². The molecule has 1 atom stereocenters. The maximum Gasteiger partial charge on any atom is 0.218 e. The van der Waals surface area contributed by atoms with Gasteiger partial charge in [0.2, 0.25) is 9.04 Å². The van der Waals surface area contributed by atoms with E-state index in [2.05, 4.69) is 32.9 Å². The third-order valence-corrected chi connectivity index (χ3v) is 5.18. The standard InChI is InChI=1S/C11H21OSi/c1-4-13(12-10(2)3)11-8-6-5-7-9-11/h6,8,10-11H,4-5,7,9H2,1-3H3. The highest BCUT2D eigenvalue weighted by Crippen LogP contribution is 2.28. The van der Waals surface area contributed by atoms with Gasteiger partial charge in [-0.1, -0.05) is 19.1 Å². The number of allylic oxidation sites excluding steroid dienone is 2. The first-order valence-corrected chi connectivity index (χ1v) is 7.12. The van der Waals surface area contributed by atoms with Crippen LogP contribution in [0.25, 0.3) is 0 Å². The maximum absolute atomic E-state index is 5.99. The highest BCUT2D eigenvalue weighted by molar-refractivity contribution is 6.54. The van der Waals surface area contributed by atoms with Crippen molar-refractivity contribution < 1.29 is 4.43 Å². The van der Waals surface area contributed by atoms with Crippen LogP contribution in [0.3, 0.4) is 0 Å². The minimum absolute atomic E-state index is 0.407. The van der Waals surface area contributed by atoms with Crippen molar-refractivity contribution >= 4 is 9.04 Å². The number of hydrogen-bond acceptors (Lipinski definition) is 1. The lowest BCUT2D eigenvalue weighted by Crippen LogP contribution is -2.27. The van der Waals surface area contributed by atoms with Crippen molar-refractivity contribution in [3.63, 3.8) is 0 Å². The summed E-state index contributed by atoms with van der Waals surface area (Å²) in [4.78, 5) is 0. The fourth-order valence-electron chi connectivity index (χ4n) is 1.82. The van der Waals surface area contributed by atoms with Gasteiger partial charge < -0.3 is 4.43 Å². The zero-order valence-corrected chi connectivity index (χ0v) is 10.0. The molecule has 1 unspecified atom stereocenters. The quantitative estimate of drug-likeness (QED) is 0.495. The Morgan fingerprint density at radius 2 is 2.31 bits per heavy atom. The van der Waals surface area contributed by atoms with Gasteiger partial charge in [0, 0.05) is 6.10 Å². The minimum Gasteiger partial charge on any atom is -0.414 e. The molecule has 0 heterocycles. The zero-order chi connectivity index (χ0) is 9.68. The Bertz CT molecular complexity index is 165. The third-order valence-electron chi connectivity index (χ3n) is 2.40. The van der Waals surface area contributed by atoms with Crippen LogP contribution in [-0.2, 0) is 4.43 Å². The molecule has 0 aromatic rings. The molecule has 2 heteroatoms. The molecule has 1 rings (SSSR count). The summed E-state index contributed by atoms with van der Waals surface area (Å²) < 4.78 is 5.99. The Balaban J connectivity index is 2.44. The van der Waals surface area contributed by atoms with E-state index in [1.54, 1.807) is 0 Å². The van der Waals surface area contributed by atoms with E-state index in [1.807, 2.05) is 0 Å². The van der Waals surface area contributed by atoms with Gasteiger partial charge in [-0.3, -0.25) is 0 Å². The summed E-state index contributed by atoms with van der Waals surface area (Å²) in [5.74, 6) is 0. The molecule has 0 N–H and O–H groups in total. The average Bonchev–Trinajstić information content (AvgIpc) is 2.15. The van der Waals surface area contributed by atoms with E-state index < -0.39 is 9.04 Å². The molecule has 0 amide bonds. The lowest BCUT2D eigenvalue weighted by Gasteiger charge is -2.25. The normalized spacial score (nSPS) is 23.0. The lowest BCUT2D eigenvalue weighted by atomic mass is 10.1. The molecule has 0 bridgehead atoms. The van der Waals surface area contributed by atoms with Crippen molar-refractivity contribution in [2.24, 2.45) is 0 Å². The summed E-state index contributed by atoms with van der Waals surface area (Å²) in [5, 5.41) is 0. The monoisotopic (exact) mass is 197 g/mol. The summed E-state index contributed by atoms with van der Waals surface area (Å²) in [6.45, 7) is 6.55. The molecular weight excluding hydrogens is 176 g/mol. The van der Waals surface area contributed by atoms with Gasteiger partial charge in [0.25, 0.3) is 0 Å². The lowest BCUT2D eigenvalue weighted by molar-refractivity contribution is 0.237. The van der Waals surface area contributed by atoms with Crippen LogP contribution in [0.1, 0.15) is 40.0 Å². The second-order valence-electron chi connectivity index (χ2n) is 3.95. The Hall–Kier alpha value is -0.0831. The number of hydrogen-bond donors (Lipinski definition) is 0. The molecule has 1 aliphatic carbocycles. The Morgan fingerprint density at radius 1 is 1.54 bits per heavy atom. The van der Waals surface area contributed by atoms with Crippen LogP contribution in [0.4, 0.5) is 0 Å². The van der Waals surface area contributed by atoms with Gasteiger partial charge >= 0.3 is 0 Å². The Morgan fingerprint density at radius 3 is 2.77 bits per heavy atom. The fourth-order valence-corrected chi connectivity index (χ4v) is 4.16. The van der Waals surface area contributed by atoms with E-state index in [9.17, 15) is 0 Å². The van der Waals surface area contributed by atoms with Gasteiger partial charge in [0.1, 0.15) is 0 Å². The van der Waals surface area contributed by atoms with E-state index in [1.165, 1.54) is 25.3 Å². The molecule has 0 aromatic carbocycles. The van der Waals surface area contributed by atoms with Crippen molar-refractivity contribution in [2.75, 3.05) is 0 Å². The Kier molecular flexibility index (Phi) is 4.74. The van der Waals surface area contributed by atoms with E-state index in [0.29, 0.717) is 6.10 Å². The molecule has 0 saturated heterocycles. The molecule has 0 aromatic heterocycles. The molecular formula is C11H21OSi. The van der Waals surface area contributed by atoms with E-state index in [4.69, 9.17) is 4.43 Å². The van der Waals surface area contributed by atoms with E-state index >= 15 is 0 Å². The van der Waals surface area contributed by atoms with Crippen molar-refractivity contribution in [2.45, 2.75) is 57.7 Å². The van der Waals surface area contributed by atoms with Crippen molar-refractivity contribution in [3.05, 3.63) is 12.2 Å². The second kappa shape index (κ2) is 5.61. The van der Waals surface area contributed by atoms with Crippen LogP contribution in [0.15, 0.2) is 12.2 Å².